The number of carbonyl (C=O) groups excluding carboxylic acids is 1. The normalized spacial score (nSPS) is 26.2. The molecule has 0 aliphatic carbocycles. The van der Waals surface area contributed by atoms with Crippen LogP contribution in [0.3, 0.4) is 0 Å². The zero-order valence-electron chi connectivity index (χ0n) is 13.8. The molecule has 122 valence electrons. The summed E-state index contributed by atoms with van der Waals surface area (Å²) in [5.41, 5.74) is -0.323. The molecule has 21 heavy (non-hydrogen) atoms. The van der Waals surface area contributed by atoms with Gasteiger partial charge in [0.1, 0.15) is 0 Å². The van der Waals surface area contributed by atoms with Crippen LogP contribution in [0.1, 0.15) is 33.1 Å². The molecule has 5 nitrogen and oxygen atoms in total. The van der Waals surface area contributed by atoms with E-state index in [1.165, 1.54) is 6.42 Å². The summed E-state index contributed by atoms with van der Waals surface area (Å²) < 4.78 is 5.33. The Labute approximate surface area is 128 Å². The first-order valence-corrected chi connectivity index (χ1v) is 8.29. The van der Waals surface area contributed by atoms with Gasteiger partial charge in [-0.3, -0.25) is 4.79 Å². The first-order chi connectivity index (χ1) is 10.1. The van der Waals surface area contributed by atoms with Crippen molar-refractivity contribution in [1.29, 1.82) is 0 Å². The van der Waals surface area contributed by atoms with Gasteiger partial charge in [0.05, 0.1) is 12.0 Å². The van der Waals surface area contributed by atoms with E-state index in [1.54, 1.807) is 7.11 Å². The second kappa shape index (κ2) is 7.56. The van der Waals surface area contributed by atoms with Gasteiger partial charge in [-0.15, -0.1) is 0 Å². The van der Waals surface area contributed by atoms with Crippen LogP contribution in [0.25, 0.3) is 0 Å². The molecule has 0 aromatic carbocycles. The number of carbonyl (C=O) groups is 1. The van der Waals surface area contributed by atoms with E-state index in [9.17, 15) is 4.79 Å². The number of hydrogen-bond donors (Lipinski definition) is 2. The average molecular weight is 297 g/mol. The van der Waals surface area contributed by atoms with Crippen molar-refractivity contribution in [3.05, 3.63) is 0 Å². The maximum Gasteiger partial charge on any atom is 0.228 e. The number of ether oxygens (including phenoxy) is 1. The monoisotopic (exact) mass is 297 g/mol. The Kier molecular flexibility index (Phi) is 6.02. The first kappa shape index (κ1) is 16.7. The molecule has 0 spiro atoms. The van der Waals surface area contributed by atoms with Gasteiger partial charge in [0.25, 0.3) is 0 Å². The number of nitrogens with zero attached hydrogens (tertiary/aromatic N) is 1. The fourth-order valence-corrected chi connectivity index (χ4v) is 3.54. The second-order valence-electron chi connectivity index (χ2n) is 6.92. The number of methoxy groups -OCH3 is 1. The van der Waals surface area contributed by atoms with E-state index < -0.39 is 0 Å². The first-order valence-electron chi connectivity index (χ1n) is 8.29. The van der Waals surface area contributed by atoms with E-state index in [-0.39, 0.29) is 11.3 Å². The molecule has 2 aliphatic heterocycles. The largest absolute Gasteiger partial charge is 0.384 e. The minimum Gasteiger partial charge on any atom is -0.384 e. The molecule has 2 rings (SSSR count). The lowest BCUT2D eigenvalue weighted by atomic mass is 9.78. The molecule has 5 heteroatoms. The van der Waals surface area contributed by atoms with Gasteiger partial charge >= 0.3 is 0 Å². The van der Waals surface area contributed by atoms with Gasteiger partial charge in [0.15, 0.2) is 0 Å². The summed E-state index contributed by atoms with van der Waals surface area (Å²) in [7, 11) is 1.69. The Morgan fingerprint density at radius 3 is 2.71 bits per heavy atom. The third-order valence-electron chi connectivity index (χ3n) is 5.06. The summed E-state index contributed by atoms with van der Waals surface area (Å²) >= 11 is 0. The second-order valence-corrected chi connectivity index (χ2v) is 6.92. The van der Waals surface area contributed by atoms with Crippen molar-refractivity contribution in [1.82, 2.24) is 15.5 Å². The summed E-state index contributed by atoms with van der Waals surface area (Å²) in [5, 5.41) is 6.53. The van der Waals surface area contributed by atoms with Crippen LogP contribution in [-0.4, -0.2) is 63.3 Å². The van der Waals surface area contributed by atoms with Gasteiger partial charge in [-0.1, -0.05) is 0 Å². The molecule has 2 saturated heterocycles. The van der Waals surface area contributed by atoms with Crippen molar-refractivity contribution in [3.63, 3.8) is 0 Å². The van der Waals surface area contributed by atoms with E-state index >= 15 is 0 Å². The molecule has 1 atom stereocenters. The van der Waals surface area contributed by atoms with Crippen molar-refractivity contribution < 1.29 is 9.53 Å². The molecule has 1 amide bonds. The highest BCUT2D eigenvalue weighted by molar-refractivity contribution is 5.83. The molecule has 0 aromatic rings. The Morgan fingerprint density at radius 2 is 2.14 bits per heavy atom. The average Bonchev–Trinajstić information content (AvgIpc) is 2.95. The third kappa shape index (κ3) is 4.18. The van der Waals surface area contributed by atoms with E-state index in [4.69, 9.17) is 4.74 Å². The van der Waals surface area contributed by atoms with Crippen LogP contribution in [0.2, 0.25) is 0 Å². The molecular weight excluding hydrogens is 266 g/mol. The molecule has 0 aromatic heterocycles. The Balaban J connectivity index is 1.82. The molecule has 2 fully saturated rings. The van der Waals surface area contributed by atoms with Gasteiger partial charge < -0.3 is 20.3 Å². The molecule has 2 N–H and O–H groups in total. The predicted octanol–water partition coefficient (Wildman–Crippen LogP) is 0.849. The molecule has 2 aliphatic rings. The van der Waals surface area contributed by atoms with Crippen LogP contribution in [0.4, 0.5) is 0 Å². The van der Waals surface area contributed by atoms with E-state index in [1.807, 2.05) is 0 Å². The van der Waals surface area contributed by atoms with Crippen molar-refractivity contribution in [3.8, 4) is 0 Å². The van der Waals surface area contributed by atoms with Gasteiger partial charge in [0, 0.05) is 26.2 Å². The van der Waals surface area contributed by atoms with Crippen molar-refractivity contribution in [2.24, 2.45) is 11.3 Å². The zero-order chi connectivity index (χ0) is 15.3. The number of hydrogen-bond acceptors (Lipinski definition) is 4. The molecule has 0 bridgehead atoms. The molecule has 2 heterocycles. The maximum atomic E-state index is 12.6. The Hall–Kier alpha value is -0.650. The number of piperidine rings is 1. The summed E-state index contributed by atoms with van der Waals surface area (Å²) in [6, 6.07) is 0.606. The molecule has 1 unspecified atom stereocenters. The fraction of sp³-hybridized carbons (Fsp3) is 0.938. The predicted molar refractivity (Wildman–Crippen MR) is 84.2 cm³/mol. The number of amides is 1. The molecular formula is C16H31N3O2. The topological polar surface area (TPSA) is 53.6 Å². The van der Waals surface area contributed by atoms with E-state index in [2.05, 4.69) is 29.4 Å². The highest BCUT2D eigenvalue weighted by atomic mass is 16.5. The van der Waals surface area contributed by atoms with Crippen LogP contribution in [-0.2, 0) is 9.53 Å². The van der Waals surface area contributed by atoms with Crippen LogP contribution >= 0.6 is 0 Å². The zero-order valence-corrected chi connectivity index (χ0v) is 13.8. The molecule has 0 radical (unpaired) electrons. The Bertz CT molecular complexity index is 335. The quantitative estimate of drug-likeness (QED) is 0.763. The maximum absolute atomic E-state index is 12.6. The van der Waals surface area contributed by atoms with Crippen LogP contribution in [0, 0.1) is 11.3 Å². The summed E-state index contributed by atoms with van der Waals surface area (Å²) in [4.78, 5) is 15.1. The number of rotatable bonds is 6. The molecule has 0 saturated carbocycles. The van der Waals surface area contributed by atoms with E-state index in [0.29, 0.717) is 18.6 Å². The van der Waals surface area contributed by atoms with Crippen LogP contribution in [0.15, 0.2) is 0 Å². The smallest absolute Gasteiger partial charge is 0.228 e. The third-order valence-corrected chi connectivity index (χ3v) is 5.06. The fourth-order valence-electron chi connectivity index (χ4n) is 3.54. The summed E-state index contributed by atoms with van der Waals surface area (Å²) in [6.45, 7) is 9.89. The van der Waals surface area contributed by atoms with Crippen LogP contribution < -0.4 is 10.6 Å². The van der Waals surface area contributed by atoms with Gasteiger partial charge in [-0.25, -0.2) is 0 Å². The lowest BCUT2D eigenvalue weighted by molar-refractivity contribution is -0.136. The summed E-state index contributed by atoms with van der Waals surface area (Å²) in [6.07, 6.45) is 2.93. The van der Waals surface area contributed by atoms with Gasteiger partial charge in [0.2, 0.25) is 5.91 Å². The SMILES string of the molecule is COCC1(C(=O)NCC2CCN(C(C)C)C2)CCNCC1. The summed E-state index contributed by atoms with van der Waals surface area (Å²) in [5.74, 6) is 0.784. The highest BCUT2D eigenvalue weighted by Crippen LogP contribution is 2.29. The lowest BCUT2D eigenvalue weighted by Crippen LogP contribution is -2.51. The Morgan fingerprint density at radius 1 is 1.43 bits per heavy atom. The van der Waals surface area contributed by atoms with Crippen molar-refractivity contribution in [2.45, 2.75) is 39.2 Å². The van der Waals surface area contributed by atoms with Gasteiger partial charge in [-0.05, 0) is 58.7 Å². The number of nitrogens with one attached hydrogen (secondary N) is 2. The van der Waals surface area contributed by atoms with Crippen LogP contribution in [0.5, 0.6) is 0 Å². The van der Waals surface area contributed by atoms with Crippen molar-refractivity contribution in [2.75, 3.05) is 46.4 Å². The van der Waals surface area contributed by atoms with Crippen molar-refractivity contribution >= 4 is 5.91 Å². The van der Waals surface area contributed by atoms with E-state index in [0.717, 1.165) is 45.6 Å². The number of likely N-dealkylation sites (tertiary alicyclic amines) is 1. The van der Waals surface area contributed by atoms with Gasteiger partial charge in [-0.2, -0.15) is 0 Å². The minimum absolute atomic E-state index is 0.189. The highest BCUT2D eigenvalue weighted by Gasteiger charge is 2.39. The standard InChI is InChI=1S/C16H31N3O2/c1-13(2)19-9-4-14(11-19)10-18-15(20)16(12-21-3)5-7-17-8-6-16/h13-14,17H,4-12H2,1-3H3,(H,18,20). The lowest BCUT2D eigenvalue weighted by Gasteiger charge is -2.35. The minimum atomic E-state index is -0.323.